The SMILES string of the molecule is CC1(C)c2ccc(-c3cccc(-c4cccc(Br)c4)c3)cc2-c2cccc3cccc1c23. The second kappa shape index (κ2) is 7.18. The van der Waals surface area contributed by atoms with Gasteiger partial charge in [-0.1, -0.05) is 109 Å². The predicted octanol–water partition coefficient (Wildman–Crippen LogP) is 9.24. The standard InChI is InChI=1S/C31H23Br/c1-31(2)28-16-15-24(22-10-3-9-21(17-22)23-11-4-12-25(32)18-23)19-27(28)26-13-5-7-20-8-6-14-29(31)30(20)26/h3-19H,1-2H3. The van der Waals surface area contributed by atoms with E-state index in [1.54, 1.807) is 0 Å². The first kappa shape index (κ1) is 19.5. The molecule has 1 heteroatoms. The lowest BCUT2D eigenvalue weighted by molar-refractivity contribution is 0.645. The van der Waals surface area contributed by atoms with Crippen LogP contribution in [-0.2, 0) is 5.41 Å². The molecule has 1 aliphatic rings. The van der Waals surface area contributed by atoms with Crippen molar-refractivity contribution in [3.05, 3.63) is 119 Å². The van der Waals surface area contributed by atoms with E-state index in [0.717, 1.165) is 4.47 Å². The molecule has 0 radical (unpaired) electrons. The molecule has 0 bridgehead atoms. The Labute approximate surface area is 197 Å². The summed E-state index contributed by atoms with van der Waals surface area (Å²) in [6, 6.07) is 37.8. The van der Waals surface area contributed by atoms with Crippen molar-refractivity contribution in [2.45, 2.75) is 19.3 Å². The van der Waals surface area contributed by atoms with Gasteiger partial charge in [0.1, 0.15) is 0 Å². The summed E-state index contributed by atoms with van der Waals surface area (Å²) < 4.78 is 1.10. The molecule has 0 unspecified atom stereocenters. The predicted molar refractivity (Wildman–Crippen MR) is 140 cm³/mol. The largest absolute Gasteiger partial charge is 0.0613 e. The van der Waals surface area contributed by atoms with Crippen molar-refractivity contribution >= 4 is 26.7 Å². The van der Waals surface area contributed by atoms with Crippen LogP contribution in [0.15, 0.2) is 108 Å². The fourth-order valence-electron chi connectivity index (χ4n) is 5.27. The van der Waals surface area contributed by atoms with Crippen LogP contribution < -0.4 is 0 Å². The normalized spacial score (nSPS) is 13.7. The highest BCUT2D eigenvalue weighted by Crippen LogP contribution is 2.49. The van der Waals surface area contributed by atoms with Gasteiger partial charge in [0.25, 0.3) is 0 Å². The Kier molecular flexibility index (Phi) is 4.38. The number of halogens is 1. The van der Waals surface area contributed by atoms with Gasteiger partial charge in [-0.15, -0.1) is 0 Å². The molecule has 0 heterocycles. The van der Waals surface area contributed by atoms with Crippen molar-refractivity contribution in [3.63, 3.8) is 0 Å². The van der Waals surface area contributed by atoms with Crippen LogP contribution in [0.1, 0.15) is 25.0 Å². The van der Waals surface area contributed by atoms with E-state index < -0.39 is 0 Å². The van der Waals surface area contributed by atoms with E-state index in [4.69, 9.17) is 0 Å². The third-order valence-electron chi connectivity index (χ3n) is 6.91. The average molecular weight is 475 g/mol. The number of rotatable bonds is 2. The Morgan fingerprint density at radius 1 is 0.531 bits per heavy atom. The van der Waals surface area contributed by atoms with Crippen molar-refractivity contribution < 1.29 is 0 Å². The highest BCUT2D eigenvalue weighted by Gasteiger charge is 2.33. The highest BCUT2D eigenvalue weighted by molar-refractivity contribution is 9.10. The lowest BCUT2D eigenvalue weighted by Gasteiger charge is -2.35. The molecule has 0 aromatic heterocycles. The first-order valence-electron chi connectivity index (χ1n) is 11.1. The molecule has 1 aliphatic carbocycles. The van der Waals surface area contributed by atoms with E-state index in [1.807, 2.05) is 0 Å². The van der Waals surface area contributed by atoms with Crippen molar-refractivity contribution in [2.75, 3.05) is 0 Å². The fourth-order valence-corrected chi connectivity index (χ4v) is 5.67. The molecular weight excluding hydrogens is 452 g/mol. The van der Waals surface area contributed by atoms with Crippen LogP contribution in [0.5, 0.6) is 0 Å². The molecule has 5 aromatic carbocycles. The summed E-state index contributed by atoms with van der Waals surface area (Å²) in [4.78, 5) is 0. The molecule has 5 aromatic rings. The van der Waals surface area contributed by atoms with Gasteiger partial charge in [-0.05, 0) is 79.5 Å². The van der Waals surface area contributed by atoms with E-state index in [0.29, 0.717) is 0 Å². The van der Waals surface area contributed by atoms with Gasteiger partial charge in [-0.25, -0.2) is 0 Å². The van der Waals surface area contributed by atoms with Crippen LogP contribution in [0, 0.1) is 0 Å². The van der Waals surface area contributed by atoms with E-state index in [1.165, 1.54) is 55.3 Å². The van der Waals surface area contributed by atoms with Gasteiger partial charge in [-0.2, -0.15) is 0 Å². The molecule has 0 N–H and O–H groups in total. The van der Waals surface area contributed by atoms with Crippen molar-refractivity contribution in [3.8, 4) is 33.4 Å². The quantitative estimate of drug-likeness (QED) is 0.239. The lowest BCUT2D eigenvalue weighted by Crippen LogP contribution is -2.23. The summed E-state index contributed by atoms with van der Waals surface area (Å²) >= 11 is 3.60. The fraction of sp³-hybridized carbons (Fsp3) is 0.0968. The van der Waals surface area contributed by atoms with E-state index in [9.17, 15) is 0 Å². The molecule has 0 amide bonds. The molecule has 0 saturated heterocycles. The average Bonchev–Trinajstić information content (AvgIpc) is 2.82. The van der Waals surface area contributed by atoms with Gasteiger partial charge in [0.05, 0.1) is 0 Å². The maximum absolute atomic E-state index is 3.60. The topological polar surface area (TPSA) is 0 Å². The molecule has 0 aliphatic heterocycles. The minimum atomic E-state index is -0.0279. The van der Waals surface area contributed by atoms with Crippen LogP contribution >= 0.6 is 15.9 Å². The number of hydrogen-bond acceptors (Lipinski definition) is 0. The van der Waals surface area contributed by atoms with Crippen LogP contribution in [0.4, 0.5) is 0 Å². The lowest BCUT2D eigenvalue weighted by atomic mass is 9.68. The van der Waals surface area contributed by atoms with E-state index in [-0.39, 0.29) is 5.41 Å². The molecule has 0 fully saturated rings. The van der Waals surface area contributed by atoms with Gasteiger partial charge < -0.3 is 0 Å². The Bertz CT molecular complexity index is 1500. The zero-order valence-corrected chi connectivity index (χ0v) is 19.8. The third-order valence-corrected chi connectivity index (χ3v) is 7.41. The molecular formula is C31H23Br. The zero-order valence-electron chi connectivity index (χ0n) is 18.2. The summed E-state index contributed by atoms with van der Waals surface area (Å²) in [6.45, 7) is 4.70. The molecule has 6 rings (SSSR count). The molecule has 32 heavy (non-hydrogen) atoms. The van der Waals surface area contributed by atoms with Crippen molar-refractivity contribution in [1.29, 1.82) is 0 Å². The van der Waals surface area contributed by atoms with E-state index >= 15 is 0 Å². The van der Waals surface area contributed by atoms with Crippen LogP contribution in [0.3, 0.4) is 0 Å². The highest BCUT2D eigenvalue weighted by atomic mass is 79.9. The second-order valence-corrected chi connectivity index (χ2v) is 10.1. The summed E-state index contributed by atoms with van der Waals surface area (Å²) in [5, 5.41) is 2.72. The Morgan fingerprint density at radius 3 is 1.91 bits per heavy atom. The summed E-state index contributed by atoms with van der Waals surface area (Å²) in [5.41, 5.74) is 10.4. The molecule has 154 valence electrons. The van der Waals surface area contributed by atoms with E-state index in [2.05, 4.69) is 133 Å². The van der Waals surface area contributed by atoms with Gasteiger partial charge in [0.15, 0.2) is 0 Å². The minimum Gasteiger partial charge on any atom is -0.0613 e. The first-order chi connectivity index (χ1) is 15.5. The molecule has 0 spiro atoms. The zero-order chi connectivity index (χ0) is 21.9. The van der Waals surface area contributed by atoms with Crippen LogP contribution in [0.25, 0.3) is 44.2 Å². The van der Waals surface area contributed by atoms with Crippen LogP contribution in [0.2, 0.25) is 0 Å². The Balaban J connectivity index is 1.55. The Morgan fingerprint density at radius 2 is 1.16 bits per heavy atom. The smallest absolute Gasteiger partial charge is 0.0181 e. The number of benzene rings is 5. The third kappa shape index (κ3) is 2.96. The second-order valence-electron chi connectivity index (χ2n) is 9.19. The van der Waals surface area contributed by atoms with Gasteiger partial charge in [0.2, 0.25) is 0 Å². The van der Waals surface area contributed by atoms with Gasteiger partial charge in [-0.3, -0.25) is 0 Å². The molecule has 0 atom stereocenters. The molecule has 0 saturated carbocycles. The summed E-state index contributed by atoms with van der Waals surface area (Å²) in [5.74, 6) is 0. The van der Waals surface area contributed by atoms with Crippen molar-refractivity contribution in [1.82, 2.24) is 0 Å². The number of hydrogen-bond donors (Lipinski definition) is 0. The summed E-state index contributed by atoms with van der Waals surface area (Å²) in [7, 11) is 0. The van der Waals surface area contributed by atoms with Crippen molar-refractivity contribution in [2.24, 2.45) is 0 Å². The maximum atomic E-state index is 3.60. The summed E-state index contributed by atoms with van der Waals surface area (Å²) in [6.07, 6.45) is 0. The first-order valence-corrected chi connectivity index (χ1v) is 11.9. The van der Waals surface area contributed by atoms with Gasteiger partial charge in [0, 0.05) is 9.89 Å². The van der Waals surface area contributed by atoms with Crippen LogP contribution in [-0.4, -0.2) is 0 Å². The maximum Gasteiger partial charge on any atom is 0.0181 e. The monoisotopic (exact) mass is 474 g/mol. The minimum absolute atomic E-state index is 0.0279. The molecule has 0 nitrogen and oxygen atoms in total. The number of fused-ring (bicyclic) bond motifs is 2. The Hall–Kier alpha value is -3.16. The van der Waals surface area contributed by atoms with Gasteiger partial charge >= 0.3 is 0 Å².